The Morgan fingerprint density at radius 3 is 2.77 bits per heavy atom. The quantitative estimate of drug-likeness (QED) is 0.701. The third-order valence-electron chi connectivity index (χ3n) is 1.97. The van der Waals surface area contributed by atoms with E-state index in [2.05, 4.69) is 5.32 Å². The lowest BCUT2D eigenvalue weighted by Gasteiger charge is -2.29. The molecule has 1 radical (unpaired) electrons. The molecule has 1 unspecified atom stereocenters. The van der Waals surface area contributed by atoms with Crippen LogP contribution in [0.15, 0.2) is 23.7 Å². The first-order valence-electron chi connectivity index (χ1n) is 4.19. The van der Waals surface area contributed by atoms with Gasteiger partial charge in [0.15, 0.2) is 0 Å². The molecule has 0 saturated carbocycles. The first-order valence-corrected chi connectivity index (χ1v) is 4.19. The van der Waals surface area contributed by atoms with Crippen LogP contribution < -0.4 is 5.32 Å². The van der Waals surface area contributed by atoms with E-state index in [1.165, 1.54) is 12.2 Å². The topological polar surface area (TPSA) is 21.3 Å². The average molecular weight is 186 g/mol. The third-order valence-corrected chi connectivity index (χ3v) is 1.97. The molecule has 1 N–H and O–H groups in total. The van der Waals surface area contributed by atoms with Crippen molar-refractivity contribution in [3.8, 4) is 0 Å². The van der Waals surface area contributed by atoms with E-state index in [9.17, 15) is 8.78 Å². The molecule has 1 fully saturated rings. The van der Waals surface area contributed by atoms with Crippen molar-refractivity contribution in [3.63, 3.8) is 0 Å². The Kier molecular flexibility index (Phi) is 2.31. The average Bonchev–Trinajstić information content (AvgIpc) is 1.95. The van der Waals surface area contributed by atoms with E-state index in [0.717, 1.165) is 19.5 Å². The highest BCUT2D eigenvalue weighted by Crippen LogP contribution is 2.22. The van der Waals surface area contributed by atoms with Crippen molar-refractivity contribution in [2.75, 3.05) is 13.1 Å². The van der Waals surface area contributed by atoms with Crippen LogP contribution in [0.4, 0.5) is 8.78 Å². The minimum Gasteiger partial charge on any atom is -0.488 e. The maximum atomic E-state index is 12.7. The van der Waals surface area contributed by atoms with Crippen molar-refractivity contribution in [1.29, 1.82) is 0 Å². The smallest absolute Gasteiger partial charge is 0.132 e. The van der Waals surface area contributed by atoms with Crippen LogP contribution in [0.2, 0.25) is 0 Å². The van der Waals surface area contributed by atoms with E-state index < -0.39 is 12.0 Å². The summed E-state index contributed by atoms with van der Waals surface area (Å²) in [7, 11) is 0. The van der Waals surface area contributed by atoms with E-state index in [0.29, 0.717) is 5.76 Å². The summed E-state index contributed by atoms with van der Waals surface area (Å²) in [6.45, 7) is 1.49. The standard InChI is InChI=1S/C9H10F2NO/c10-6-1-7(11)3-8(2-6)13-9-4-12-5-9/h1-3,6,9,12H,4-5H2. The number of rotatable bonds is 2. The van der Waals surface area contributed by atoms with Crippen molar-refractivity contribution in [1.82, 2.24) is 5.32 Å². The second-order valence-electron chi connectivity index (χ2n) is 3.11. The van der Waals surface area contributed by atoms with Crippen molar-refractivity contribution >= 4 is 0 Å². The van der Waals surface area contributed by atoms with Crippen LogP contribution in [0.5, 0.6) is 0 Å². The fourth-order valence-corrected chi connectivity index (χ4v) is 1.20. The maximum Gasteiger partial charge on any atom is 0.132 e. The van der Waals surface area contributed by atoms with E-state index >= 15 is 0 Å². The molecule has 71 valence electrons. The Balaban J connectivity index is 1.96. The van der Waals surface area contributed by atoms with Crippen molar-refractivity contribution < 1.29 is 13.5 Å². The number of halogens is 2. The van der Waals surface area contributed by atoms with Crippen LogP contribution in [0.1, 0.15) is 0 Å². The molecular weight excluding hydrogens is 176 g/mol. The van der Waals surface area contributed by atoms with E-state index in [1.807, 2.05) is 0 Å². The fourth-order valence-electron chi connectivity index (χ4n) is 1.20. The van der Waals surface area contributed by atoms with E-state index in [-0.39, 0.29) is 6.10 Å². The summed E-state index contributed by atoms with van der Waals surface area (Å²) in [4.78, 5) is 0. The van der Waals surface area contributed by atoms with Crippen molar-refractivity contribution in [3.05, 3.63) is 30.2 Å². The summed E-state index contributed by atoms with van der Waals surface area (Å²) >= 11 is 0. The van der Waals surface area contributed by atoms with Gasteiger partial charge in [0.2, 0.25) is 0 Å². The molecule has 0 aromatic heterocycles. The monoisotopic (exact) mass is 186 g/mol. The van der Waals surface area contributed by atoms with Gasteiger partial charge < -0.3 is 10.1 Å². The van der Waals surface area contributed by atoms with Crippen LogP contribution in [0.25, 0.3) is 0 Å². The number of hydrogen-bond donors (Lipinski definition) is 1. The van der Waals surface area contributed by atoms with Crippen LogP contribution in [0.3, 0.4) is 0 Å². The highest BCUT2D eigenvalue weighted by atomic mass is 19.1. The number of nitrogens with one attached hydrogen (secondary N) is 1. The van der Waals surface area contributed by atoms with E-state index in [4.69, 9.17) is 4.74 Å². The van der Waals surface area contributed by atoms with E-state index in [1.54, 1.807) is 0 Å². The second-order valence-corrected chi connectivity index (χ2v) is 3.11. The molecule has 1 heterocycles. The third kappa shape index (κ3) is 2.06. The first kappa shape index (κ1) is 8.69. The predicted molar refractivity (Wildman–Crippen MR) is 44.2 cm³/mol. The Morgan fingerprint density at radius 2 is 2.23 bits per heavy atom. The highest BCUT2D eigenvalue weighted by Gasteiger charge is 2.22. The summed E-state index contributed by atoms with van der Waals surface area (Å²) < 4.78 is 30.7. The zero-order valence-corrected chi connectivity index (χ0v) is 6.97. The molecule has 13 heavy (non-hydrogen) atoms. The molecule has 4 heteroatoms. The first-order chi connectivity index (χ1) is 6.24. The van der Waals surface area contributed by atoms with Gasteiger partial charge in [-0.15, -0.1) is 0 Å². The molecule has 1 saturated heterocycles. The van der Waals surface area contributed by atoms with Gasteiger partial charge >= 0.3 is 0 Å². The van der Waals surface area contributed by atoms with Gasteiger partial charge in [0.25, 0.3) is 0 Å². The summed E-state index contributed by atoms with van der Waals surface area (Å²) in [6, 6.07) is 0. The summed E-state index contributed by atoms with van der Waals surface area (Å²) in [6.07, 6.45) is 2.07. The number of ether oxygens (including phenoxy) is 1. The lowest BCUT2D eigenvalue weighted by atomic mass is 10.1. The number of alkyl halides is 1. The molecule has 0 spiro atoms. The van der Waals surface area contributed by atoms with Crippen LogP contribution in [0, 0.1) is 6.42 Å². The minimum atomic E-state index is -1.37. The molecule has 1 atom stereocenters. The van der Waals surface area contributed by atoms with Gasteiger partial charge in [0, 0.05) is 19.2 Å². The molecule has 0 amide bonds. The predicted octanol–water partition coefficient (Wildman–Crippen LogP) is 1.27. The van der Waals surface area contributed by atoms with Crippen molar-refractivity contribution in [2.45, 2.75) is 12.3 Å². The summed E-state index contributed by atoms with van der Waals surface area (Å²) in [5.74, 6) is -0.281. The molecule has 2 aliphatic rings. The summed E-state index contributed by atoms with van der Waals surface area (Å²) in [5, 5.41) is 3.00. The molecule has 1 aliphatic carbocycles. The highest BCUT2D eigenvalue weighted by molar-refractivity contribution is 5.29. The fraction of sp³-hybridized carbons (Fsp3) is 0.444. The van der Waals surface area contributed by atoms with Gasteiger partial charge in [0.1, 0.15) is 23.9 Å². The Hall–Kier alpha value is -0.900. The lowest BCUT2D eigenvalue weighted by Crippen LogP contribution is -2.48. The molecule has 2 rings (SSSR count). The van der Waals surface area contributed by atoms with Gasteiger partial charge in [-0.2, -0.15) is 0 Å². The SMILES string of the molecule is FC1=CC(OC2CNC2)=CC(F)[CH]1. The maximum absolute atomic E-state index is 12.7. The molecule has 0 bridgehead atoms. The largest absolute Gasteiger partial charge is 0.488 e. The second kappa shape index (κ2) is 3.46. The Bertz CT molecular complexity index is 258. The normalized spacial score (nSPS) is 28.9. The van der Waals surface area contributed by atoms with Gasteiger partial charge in [-0.05, 0) is 6.08 Å². The molecule has 0 aromatic carbocycles. The van der Waals surface area contributed by atoms with Crippen LogP contribution >= 0.6 is 0 Å². The van der Waals surface area contributed by atoms with Gasteiger partial charge in [-0.25, -0.2) is 8.78 Å². The van der Waals surface area contributed by atoms with Crippen LogP contribution in [-0.4, -0.2) is 25.4 Å². The minimum absolute atomic E-state index is 0.0561. The Morgan fingerprint density at radius 1 is 1.46 bits per heavy atom. The zero-order valence-electron chi connectivity index (χ0n) is 6.97. The van der Waals surface area contributed by atoms with Gasteiger partial charge in [-0.3, -0.25) is 0 Å². The van der Waals surface area contributed by atoms with Gasteiger partial charge in [-0.1, -0.05) is 0 Å². The van der Waals surface area contributed by atoms with Gasteiger partial charge in [0.05, 0.1) is 6.42 Å². The molecular formula is C9H10F2NO. The number of hydrogen-bond acceptors (Lipinski definition) is 2. The molecule has 2 nitrogen and oxygen atoms in total. The molecule has 1 aliphatic heterocycles. The Labute approximate surface area is 75.3 Å². The zero-order chi connectivity index (χ0) is 9.26. The molecule has 0 aromatic rings. The number of allylic oxidation sites excluding steroid dienone is 3. The summed E-state index contributed by atoms with van der Waals surface area (Å²) in [5.41, 5.74) is 0. The van der Waals surface area contributed by atoms with Crippen LogP contribution in [-0.2, 0) is 4.74 Å². The van der Waals surface area contributed by atoms with Crippen molar-refractivity contribution in [2.24, 2.45) is 0 Å². The lowest BCUT2D eigenvalue weighted by molar-refractivity contribution is 0.0760.